The molecule has 2 N–H and O–H groups in total. The predicted octanol–water partition coefficient (Wildman–Crippen LogP) is 2.40. The van der Waals surface area contributed by atoms with Crippen molar-refractivity contribution in [1.29, 1.82) is 0 Å². The van der Waals surface area contributed by atoms with Crippen LogP contribution in [-0.2, 0) is 9.47 Å². The number of benzene rings is 1. The van der Waals surface area contributed by atoms with Crippen molar-refractivity contribution < 1.29 is 9.47 Å². The Bertz CT molecular complexity index is 375. The van der Waals surface area contributed by atoms with Gasteiger partial charge in [0.1, 0.15) is 6.10 Å². The molecule has 0 saturated carbocycles. The van der Waals surface area contributed by atoms with Crippen LogP contribution in [0.4, 0.5) is 0 Å². The van der Waals surface area contributed by atoms with Gasteiger partial charge in [0, 0.05) is 7.11 Å². The van der Waals surface area contributed by atoms with E-state index < -0.39 is 0 Å². The Balaban J connectivity index is 2.15. The lowest BCUT2D eigenvalue weighted by atomic mass is 9.94. The first-order valence-corrected chi connectivity index (χ1v) is 5.97. The monoisotopic (exact) mass is 233 g/mol. The van der Waals surface area contributed by atoms with Crippen LogP contribution in [0.2, 0.25) is 0 Å². The van der Waals surface area contributed by atoms with E-state index in [0.29, 0.717) is 0 Å². The van der Waals surface area contributed by atoms with Crippen molar-refractivity contribution in [2.75, 3.05) is 13.7 Å². The van der Waals surface area contributed by atoms with E-state index in [1.54, 1.807) is 13.4 Å². The minimum atomic E-state index is -0.136. The molecule has 0 aliphatic carbocycles. The first-order chi connectivity index (χ1) is 8.33. The highest BCUT2D eigenvalue weighted by Crippen LogP contribution is 2.27. The van der Waals surface area contributed by atoms with E-state index in [-0.39, 0.29) is 12.1 Å². The molecule has 0 fully saturated rings. The van der Waals surface area contributed by atoms with E-state index in [1.807, 2.05) is 30.3 Å². The van der Waals surface area contributed by atoms with Crippen molar-refractivity contribution in [3.8, 4) is 0 Å². The van der Waals surface area contributed by atoms with Crippen molar-refractivity contribution in [3.05, 3.63) is 47.7 Å². The molecule has 0 aromatic heterocycles. The molecule has 17 heavy (non-hydrogen) atoms. The standard InChI is InChI=1S/C14H19NO2/c1-16-14(11-6-3-2-4-7-11)13(15)12-8-5-9-17-10-12/h2-4,6-7,10,13-14H,5,8-9,15H2,1H3. The fraction of sp³-hybridized carbons (Fsp3) is 0.429. The van der Waals surface area contributed by atoms with Gasteiger partial charge in [-0.25, -0.2) is 0 Å². The Morgan fingerprint density at radius 2 is 2.06 bits per heavy atom. The maximum atomic E-state index is 6.26. The summed E-state index contributed by atoms with van der Waals surface area (Å²) >= 11 is 0. The summed E-state index contributed by atoms with van der Waals surface area (Å²) in [4.78, 5) is 0. The quantitative estimate of drug-likeness (QED) is 0.868. The lowest BCUT2D eigenvalue weighted by molar-refractivity contribution is 0.0851. The van der Waals surface area contributed by atoms with Crippen LogP contribution in [0.5, 0.6) is 0 Å². The highest BCUT2D eigenvalue weighted by molar-refractivity contribution is 5.24. The van der Waals surface area contributed by atoms with Crippen LogP contribution in [-0.4, -0.2) is 19.8 Å². The normalized spacial score (nSPS) is 19.1. The van der Waals surface area contributed by atoms with Crippen LogP contribution >= 0.6 is 0 Å². The maximum Gasteiger partial charge on any atom is 0.101 e. The molecule has 0 bridgehead atoms. The van der Waals surface area contributed by atoms with Crippen LogP contribution in [0.25, 0.3) is 0 Å². The molecule has 1 aliphatic rings. The summed E-state index contributed by atoms with van der Waals surface area (Å²) in [6.07, 6.45) is 3.71. The van der Waals surface area contributed by atoms with Crippen molar-refractivity contribution in [2.45, 2.75) is 25.0 Å². The van der Waals surface area contributed by atoms with Gasteiger partial charge in [0.25, 0.3) is 0 Å². The van der Waals surface area contributed by atoms with E-state index in [9.17, 15) is 0 Å². The molecule has 2 unspecified atom stereocenters. The molecule has 0 amide bonds. The van der Waals surface area contributed by atoms with Crippen molar-refractivity contribution >= 4 is 0 Å². The molecular weight excluding hydrogens is 214 g/mol. The third-order valence-corrected chi connectivity index (χ3v) is 3.10. The molecule has 1 aromatic carbocycles. The van der Waals surface area contributed by atoms with Crippen molar-refractivity contribution in [3.63, 3.8) is 0 Å². The molecule has 0 saturated heterocycles. The van der Waals surface area contributed by atoms with E-state index in [1.165, 1.54) is 0 Å². The topological polar surface area (TPSA) is 44.5 Å². The summed E-state index contributed by atoms with van der Waals surface area (Å²) in [5, 5.41) is 0. The highest BCUT2D eigenvalue weighted by Gasteiger charge is 2.24. The molecule has 2 rings (SSSR count). The minimum absolute atomic E-state index is 0.107. The minimum Gasteiger partial charge on any atom is -0.501 e. The lowest BCUT2D eigenvalue weighted by Gasteiger charge is -2.27. The molecular formula is C14H19NO2. The van der Waals surface area contributed by atoms with Gasteiger partial charge >= 0.3 is 0 Å². The number of rotatable bonds is 4. The Morgan fingerprint density at radius 1 is 1.29 bits per heavy atom. The Labute approximate surface area is 102 Å². The number of hydrogen-bond donors (Lipinski definition) is 1. The van der Waals surface area contributed by atoms with E-state index in [0.717, 1.165) is 30.6 Å². The van der Waals surface area contributed by atoms with Crippen LogP contribution in [0.3, 0.4) is 0 Å². The van der Waals surface area contributed by atoms with Crippen LogP contribution < -0.4 is 5.73 Å². The zero-order valence-corrected chi connectivity index (χ0v) is 10.1. The first-order valence-electron chi connectivity index (χ1n) is 5.97. The third kappa shape index (κ3) is 2.87. The first kappa shape index (κ1) is 12.1. The zero-order chi connectivity index (χ0) is 12.1. The predicted molar refractivity (Wildman–Crippen MR) is 67.4 cm³/mol. The van der Waals surface area contributed by atoms with Crippen LogP contribution in [0.15, 0.2) is 42.2 Å². The molecule has 3 heteroatoms. The molecule has 92 valence electrons. The zero-order valence-electron chi connectivity index (χ0n) is 10.1. The molecule has 0 radical (unpaired) electrons. The van der Waals surface area contributed by atoms with Gasteiger partial charge in [-0.05, 0) is 24.0 Å². The molecule has 3 nitrogen and oxygen atoms in total. The second kappa shape index (κ2) is 5.84. The lowest BCUT2D eigenvalue weighted by Crippen LogP contribution is -2.32. The van der Waals surface area contributed by atoms with Crippen molar-refractivity contribution in [2.24, 2.45) is 5.73 Å². The summed E-state index contributed by atoms with van der Waals surface area (Å²) < 4.78 is 10.9. The third-order valence-electron chi connectivity index (χ3n) is 3.10. The van der Waals surface area contributed by atoms with E-state index in [4.69, 9.17) is 15.2 Å². The fourth-order valence-electron chi connectivity index (χ4n) is 2.16. The summed E-state index contributed by atoms with van der Waals surface area (Å²) in [6.45, 7) is 0.791. The summed E-state index contributed by atoms with van der Waals surface area (Å²) in [7, 11) is 1.70. The number of hydrogen-bond acceptors (Lipinski definition) is 3. The molecule has 2 atom stereocenters. The second-order valence-electron chi connectivity index (χ2n) is 4.26. The van der Waals surface area contributed by atoms with Crippen LogP contribution in [0, 0.1) is 0 Å². The van der Waals surface area contributed by atoms with Crippen molar-refractivity contribution in [1.82, 2.24) is 0 Å². The van der Waals surface area contributed by atoms with Crippen LogP contribution in [0.1, 0.15) is 24.5 Å². The van der Waals surface area contributed by atoms with Gasteiger partial charge in [-0.2, -0.15) is 0 Å². The van der Waals surface area contributed by atoms with Gasteiger partial charge in [-0.1, -0.05) is 30.3 Å². The van der Waals surface area contributed by atoms with Gasteiger partial charge in [-0.3, -0.25) is 0 Å². The largest absolute Gasteiger partial charge is 0.501 e. The molecule has 1 aromatic rings. The highest BCUT2D eigenvalue weighted by atomic mass is 16.5. The van der Waals surface area contributed by atoms with Gasteiger partial charge in [0.15, 0.2) is 0 Å². The maximum absolute atomic E-state index is 6.26. The SMILES string of the molecule is COC(c1ccccc1)C(N)C1=COCCC1. The molecule has 1 aliphatic heterocycles. The van der Waals surface area contributed by atoms with Gasteiger partial charge in [0.05, 0.1) is 18.9 Å². The smallest absolute Gasteiger partial charge is 0.101 e. The Morgan fingerprint density at radius 3 is 2.65 bits per heavy atom. The summed E-state index contributed by atoms with van der Waals surface area (Å²) in [5.41, 5.74) is 8.50. The fourth-order valence-corrected chi connectivity index (χ4v) is 2.16. The summed E-state index contributed by atoms with van der Waals surface area (Å²) in [6, 6.07) is 9.93. The molecule has 1 heterocycles. The number of methoxy groups -OCH3 is 1. The molecule has 0 spiro atoms. The Hall–Kier alpha value is -1.32. The van der Waals surface area contributed by atoms with Gasteiger partial charge < -0.3 is 15.2 Å². The average molecular weight is 233 g/mol. The summed E-state index contributed by atoms with van der Waals surface area (Å²) in [5.74, 6) is 0. The van der Waals surface area contributed by atoms with Gasteiger partial charge in [-0.15, -0.1) is 0 Å². The van der Waals surface area contributed by atoms with E-state index in [2.05, 4.69) is 0 Å². The average Bonchev–Trinajstić information content (AvgIpc) is 2.42. The number of nitrogens with two attached hydrogens (primary N) is 1. The second-order valence-corrected chi connectivity index (χ2v) is 4.26. The van der Waals surface area contributed by atoms with E-state index >= 15 is 0 Å². The number of ether oxygens (including phenoxy) is 2. The Kier molecular flexibility index (Phi) is 4.18. The van der Waals surface area contributed by atoms with Gasteiger partial charge in [0.2, 0.25) is 0 Å².